The van der Waals surface area contributed by atoms with Gasteiger partial charge in [0.05, 0.1) is 11.7 Å². The largest absolute Gasteiger partial charge is 0.337 e. The maximum absolute atomic E-state index is 4.64. The van der Waals surface area contributed by atoms with Gasteiger partial charge in [-0.05, 0) is 6.54 Å². The summed E-state index contributed by atoms with van der Waals surface area (Å²) in [5.41, 5.74) is 1.10. The minimum Gasteiger partial charge on any atom is -0.337 e. The molecule has 3 rings (SSSR count). The molecule has 0 bridgehead atoms. The summed E-state index contributed by atoms with van der Waals surface area (Å²) in [5, 5.41) is 5.53. The van der Waals surface area contributed by atoms with E-state index in [-0.39, 0.29) is 6.04 Å². The van der Waals surface area contributed by atoms with Gasteiger partial charge in [-0.15, -0.1) is 11.3 Å². The lowest BCUT2D eigenvalue weighted by atomic mass is 10.1. The van der Waals surface area contributed by atoms with Gasteiger partial charge in [0.1, 0.15) is 5.82 Å². The number of likely N-dealkylation sites (N-methyl/N-ethyl adjacent to an activating group) is 1. The zero-order valence-electron chi connectivity index (χ0n) is 11.1. The minimum absolute atomic E-state index is 0.203. The Labute approximate surface area is 115 Å². The van der Waals surface area contributed by atoms with Crippen LogP contribution in [0.3, 0.4) is 0 Å². The van der Waals surface area contributed by atoms with E-state index in [1.807, 2.05) is 31.0 Å². The Balaban J connectivity index is 1.85. The summed E-state index contributed by atoms with van der Waals surface area (Å²) in [4.78, 5) is 10.1. The van der Waals surface area contributed by atoms with Crippen molar-refractivity contribution >= 4 is 16.3 Å². The second kappa shape index (κ2) is 5.14. The first-order chi connectivity index (χ1) is 9.28. The maximum Gasteiger partial charge on any atom is 0.193 e. The molecule has 0 saturated carbocycles. The first-order valence-electron chi connectivity index (χ1n) is 6.39. The first-order valence-corrected chi connectivity index (χ1v) is 7.27. The molecule has 1 N–H and O–H groups in total. The van der Waals surface area contributed by atoms with Crippen molar-refractivity contribution in [3.63, 3.8) is 0 Å². The third-order valence-corrected chi connectivity index (χ3v) is 3.95. The zero-order chi connectivity index (χ0) is 13.2. The van der Waals surface area contributed by atoms with Crippen LogP contribution in [0.1, 0.15) is 24.5 Å². The van der Waals surface area contributed by atoms with Gasteiger partial charge >= 0.3 is 0 Å². The fourth-order valence-corrected chi connectivity index (χ4v) is 3.02. The van der Waals surface area contributed by atoms with Gasteiger partial charge in [-0.3, -0.25) is 4.40 Å². The molecule has 0 aliphatic heterocycles. The molecule has 0 fully saturated rings. The van der Waals surface area contributed by atoms with E-state index in [0.29, 0.717) is 0 Å². The third-order valence-electron chi connectivity index (χ3n) is 3.18. The number of aryl methyl sites for hydroxylation is 1. The summed E-state index contributed by atoms with van der Waals surface area (Å²) in [6.07, 6.45) is 8.81. The molecule has 3 aromatic heterocycles. The number of imidazole rings is 2. The molecule has 0 amide bonds. The quantitative estimate of drug-likeness (QED) is 0.775. The smallest absolute Gasteiger partial charge is 0.193 e. The van der Waals surface area contributed by atoms with Crippen LogP contribution in [-0.4, -0.2) is 25.5 Å². The molecule has 1 atom stereocenters. The average molecular weight is 275 g/mol. The second-order valence-electron chi connectivity index (χ2n) is 4.54. The van der Waals surface area contributed by atoms with E-state index in [1.165, 1.54) is 0 Å². The van der Waals surface area contributed by atoms with Crippen molar-refractivity contribution in [2.75, 3.05) is 6.54 Å². The normalized spacial score (nSPS) is 13.2. The number of nitrogens with one attached hydrogen (secondary N) is 1. The molecule has 0 aliphatic carbocycles. The summed E-state index contributed by atoms with van der Waals surface area (Å²) >= 11 is 1.66. The van der Waals surface area contributed by atoms with E-state index in [9.17, 15) is 0 Å². The van der Waals surface area contributed by atoms with Crippen LogP contribution in [0.5, 0.6) is 0 Å². The SMILES string of the molecule is CCNC(Cc1cn2ccsc2n1)c1nccn1C. The van der Waals surface area contributed by atoms with Crippen LogP contribution in [0.4, 0.5) is 0 Å². The highest BCUT2D eigenvalue weighted by Crippen LogP contribution is 2.18. The van der Waals surface area contributed by atoms with Crippen molar-refractivity contribution in [1.29, 1.82) is 0 Å². The molecule has 100 valence electrons. The fraction of sp³-hybridized carbons (Fsp3) is 0.385. The highest BCUT2D eigenvalue weighted by Gasteiger charge is 2.17. The van der Waals surface area contributed by atoms with E-state index in [2.05, 4.69) is 37.4 Å². The Morgan fingerprint density at radius 1 is 1.42 bits per heavy atom. The molecule has 5 nitrogen and oxygen atoms in total. The molecule has 3 heterocycles. The highest BCUT2D eigenvalue weighted by molar-refractivity contribution is 7.15. The Morgan fingerprint density at radius 2 is 2.32 bits per heavy atom. The lowest BCUT2D eigenvalue weighted by molar-refractivity contribution is 0.503. The molecule has 6 heteroatoms. The standard InChI is InChI=1S/C13H17N5S/c1-3-14-11(12-15-4-5-17(12)2)8-10-9-18-6-7-19-13(18)16-10/h4-7,9,11,14H,3,8H2,1-2H3. The Kier molecular flexibility index (Phi) is 3.35. The number of fused-ring (bicyclic) bond motifs is 1. The van der Waals surface area contributed by atoms with E-state index in [4.69, 9.17) is 0 Å². The monoisotopic (exact) mass is 275 g/mol. The molecule has 0 spiro atoms. The topological polar surface area (TPSA) is 47.1 Å². The van der Waals surface area contributed by atoms with Crippen molar-refractivity contribution in [3.8, 4) is 0 Å². The molecule has 0 radical (unpaired) electrons. The molecule has 3 aromatic rings. The Morgan fingerprint density at radius 3 is 3.00 bits per heavy atom. The molecular formula is C13H17N5S. The van der Waals surface area contributed by atoms with Gasteiger partial charge in [-0.2, -0.15) is 0 Å². The fourth-order valence-electron chi connectivity index (χ4n) is 2.30. The molecular weight excluding hydrogens is 258 g/mol. The predicted octanol–water partition coefficient (Wildman–Crippen LogP) is 2.02. The maximum atomic E-state index is 4.64. The summed E-state index contributed by atoms with van der Waals surface area (Å²) in [6.45, 7) is 3.03. The van der Waals surface area contributed by atoms with E-state index < -0.39 is 0 Å². The first kappa shape index (κ1) is 12.4. The summed E-state index contributed by atoms with van der Waals surface area (Å²) < 4.78 is 4.13. The minimum atomic E-state index is 0.203. The number of thiazole rings is 1. The van der Waals surface area contributed by atoms with Gasteiger partial charge in [0, 0.05) is 43.6 Å². The number of rotatable bonds is 5. The lowest BCUT2D eigenvalue weighted by Gasteiger charge is -2.16. The van der Waals surface area contributed by atoms with Crippen LogP contribution in [0.25, 0.3) is 4.96 Å². The van der Waals surface area contributed by atoms with Gasteiger partial charge in [-0.25, -0.2) is 9.97 Å². The van der Waals surface area contributed by atoms with Gasteiger partial charge < -0.3 is 9.88 Å². The van der Waals surface area contributed by atoms with Crippen LogP contribution >= 0.6 is 11.3 Å². The van der Waals surface area contributed by atoms with Crippen molar-refractivity contribution in [3.05, 3.63) is 41.7 Å². The Bertz CT molecular complexity index is 637. The second-order valence-corrected chi connectivity index (χ2v) is 5.41. The average Bonchev–Trinajstić information content (AvgIpc) is 3.03. The molecule has 19 heavy (non-hydrogen) atoms. The predicted molar refractivity (Wildman–Crippen MR) is 76.4 cm³/mol. The van der Waals surface area contributed by atoms with Crippen molar-refractivity contribution < 1.29 is 0 Å². The summed E-state index contributed by atoms with van der Waals surface area (Å²) in [6, 6.07) is 0.203. The lowest BCUT2D eigenvalue weighted by Crippen LogP contribution is -2.25. The summed E-state index contributed by atoms with van der Waals surface area (Å²) in [7, 11) is 2.03. The molecule has 1 unspecified atom stereocenters. The van der Waals surface area contributed by atoms with E-state index in [0.717, 1.165) is 29.4 Å². The van der Waals surface area contributed by atoms with Crippen LogP contribution in [0.15, 0.2) is 30.2 Å². The van der Waals surface area contributed by atoms with E-state index in [1.54, 1.807) is 11.3 Å². The van der Waals surface area contributed by atoms with Crippen LogP contribution in [0.2, 0.25) is 0 Å². The van der Waals surface area contributed by atoms with Crippen LogP contribution in [0, 0.1) is 0 Å². The summed E-state index contributed by atoms with van der Waals surface area (Å²) in [5.74, 6) is 1.05. The zero-order valence-corrected chi connectivity index (χ0v) is 11.9. The van der Waals surface area contributed by atoms with Crippen LogP contribution < -0.4 is 5.32 Å². The molecule has 0 aliphatic rings. The van der Waals surface area contributed by atoms with Crippen molar-refractivity contribution in [2.45, 2.75) is 19.4 Å². The highest BCUT2D eigenvalue weighted by atomic mass is 32.1. The van der Waals surface area contributed by atoms with Crippen molar-refractivity contribution in [1.82, 2.24) is 24.3 Å². The van der Waals surface area contributed by atoms with Gasteiger partial charge in [0.25, 0.3) is 0 Å². The molecule has 0 saturated heterocycles. The van der Waals surface area contributed by atoms with E-state index >= 15 is 0 Å². The Hall–Kier alpha value is -1.66. The third kappa shape index (κ3) is 2.41. The number of hydrogen-bond acceptors (Lipinski definition) is 4. The van der Waals surface area contributed by atoms with Crippen molar-refractivity contribution in [2.24, 2.45) is 7.05 Å². The van der Waals surface area contributed by atoms with Gasteiger partial charge in [0.2, 0.25) is 0 Å². The van der Waals surface area contributed by atoms with Crippen LogP contribution in [-0.2, 0) is 13.5 Å². The number of nitrogens with zero attached hydrogens (tertiary/aromatic N) is 4. The van der Waals surface area contributed by atoms with Gasteiger partial charge in [-0.1, -0.05) is 6.92 Å². The number of hydrogen-bond donors (Lipinski definition) is 1. The number of aromatic nitrogens is 4. The molecule has 0 aromatic carbocycles. The van der Waals surface area contributed by atoms with Gasteiger partial charge in [0.15, 0.2) is 4.96 Å².